The summed E-state index contributed by atoms with van der Waals surface area (Å²) >= 11 is 0. The number of ether oxygens (including phenoxy) is 1. The Morgan fingerprint density at radius 1 is 1.14 bits per heavy atom. The molecule has 3 rings (SSSR count). The van der Waals surface area contributed by atoms with E-state index in [1.165, 1.54) is 18.2 Å². The summed E-state index contributed by atoms with van der Waals surface area (Å²) < 4.78 is 41.0. The highest BCUT2D eigenvalue weighted by molar-refractivity contribution is 5.82. The number of rotatable bonds is 2. The molecule has 0 aliphatic carbocycles. The Balaban J connectivity index is 1.91. The Kier molecular flexibility index (Phi) is 3.32. The molecule has 0 saturated carbocycles. The average Bonchev–Trinajstić information content (AvgIpc) is 2.94. The normalized spacial score (nSPS) is 11.6. The van der Waals surface area contributed by atoms with Gasteiger partial charge in [0.05, 0.1) is 0 Å². The van der Waals surface area contributed by atoms with Gasteiger partial charge in [0, 0.05) is 23.3 Å². The van der Waals surface area contributed by atoms with Crippen LogP contribution in [-0.2, 0) is 4.79 Å². The molecule has 0 atom stereocenters. The lowest BCUT2D eigenvalue weighted by Crippen LogP contribution is -2.27. The zero-order chi connectivity index (χ0) is 15.7. The smallest absolute Gasteiger partial charge is 0.420 e. The molecule has 0 unspecified atom stereocenters. The van der Waals surface area contributed by atoms with Crippen LogP contribution in [0.3, 0.4) is 0 Å². The maximum absolute atomic E-state index is 12.2. The first kappa shape index (κ1) is 14.1. The van der Waals surface area contributed by atoms with Crippen LogP contribution in [-0.4, -0.2) is 22.1 Å². The Labute approximate surface area is 122 Å². The molecule has 0 spiro atoms. The van der Waals surface area contributed by atoms with Crippen LogP contribution in [0.4, 0.5) is 13.2 Å². The maximum atomic E-state index is 12.2. The predicted octanol–water partition coefficient (Wildman–Crippen LogP) is 3.70. The summed E-state index contributed by atoms with van der Waals surface area (Å²) in [5, 5.41) is 0.871. The van der Waals surface area contributed by atoms with Crippen molar-refractivity contribution in [3.63, 3.8) is 0 Å². The van der Waals surface area contributed by atoms with Gasteiger partial charge in [-0.3, -0.25) is 0 Å². The van der Waals surface area contributed by atoms with Crippen LogP contribution in [0, 0.1) is 0 Å². The van der Waals surface area contributed by atoms with Crippen LogP contribution in [0.1, 0.15) is 0 Å². The van der Waals surface area contributed by atoms with Crippen LogP contribution in [0.25, 0.3) is 22.2 Å². The number of hydrogen-bond donors (Lipinski definition) is 1. The number of esters is 1. The van der Waals surface area contributed by atoms with Gasteiger partial charge in [-0.15, -0.1) is 0 Å². The second-order valence-corrected chi connectivity index (χ2v) is 4.55. The maximum Gasteiger partial charge on any atom is 0.491 e. The highest BCUT2D eigenvalue weighted by Crippen LogP contribution is 2.27. The van der Waals surface area contributed by atoms with Crippen molar-refractivity contribution in [1.29, 1.82) is 0 Å². The summed E-state index contributed by atoms with van der Waals surface area (Å²) in [7, 11) is 0. The van der Waals surface area contributed by atoms with Crippen molar-refractivity contribution in [1.82, 2.24) is 9.97 Å². The molecule has 112 valence electrons. The van der Waals surface area contributed by atoms with E-state index < -0.39 is 12.1 Å². The fourth-order valence-electron chi connectivity index (χ4n) is 2.00. The molecule has 0 amide bonds. The Morgan fingerprint density at radius 2 is 1.95 bits per heavy atom. The topological polar surface area (TPSA) is 55.0 Å². The van der Waals surface area contributed by atoms with Gasteiger partial charge in [-0.25, -0.2) is 9.78 Å². The van der Waals surface area contributed by atoms with Crippen molar-refractivity contribution in [2.75, 3.05) is 0 Å². The summed E-state index contributed by atoms with van der Waals surface area (Å²) in [6.07, 6.45) is -1.70. The molecule has 0 bridgehead atoms. The van der Waals surface area contributed by atoms with Gasteiger partial charge in [0.25, 0.3) is 0 Å². The van der Waals surface area contributed by atoms with E-state index in [0.717, 1.165) is 5.39 Å². The highest BCUT2D eigenvalue weighted by atomic mass is 19.4. The molecule has 2 aromatic heterocycles. The minimum atomic E-state index is -5.03. The zero-order valence-electron chi connectivity index (χ0n) is 11.0. The van der Waals surface area contributed by atoms with E-state index in [1.54, 1.807) is 18.5 Å². The van der Waals surface area contributed by atoms with Crippen LogP contribution in [0.15, 0.2) is 48.8 Å². The minimum Gasteiger partial charge on any atom is -0.420 e. The molecule has 4 nitrogen and oxygen atoms in total. The van der Waals surface area contributed by atoms with E-state index in [4.69, 9.17) is 0 Å². The van der Waals surface area contributed by atoms with Crippen molar-refractivity contribution >= 4 is 17.0 Å². The molecule has 22 heavy (non-hydrogen) atoms. The van der Waals surface area contributed by atoms with Crippen LogP contribution in [0.2, 0.25) is 0 Å². The first-order valence-electron chi connectivity index (χ1n) is 6.26. The highest BCUT2D eigenvalue weighted by Gasteiger charge is 2.41. The molecule has 7 heteroatoms. The first-order valence-corrected chi connectivity index (χ1v) is 6.26. The monoisotopic (exact) mass is 306 g/mol. The number of aromatic nitrogens is 2. The van der Waals surface area contributed by atoms with Crippen molar-refractivity contribution in [2.24, 2.45) is 0 Å². The van der Waals surface area contributed by atoms with Crippen LogP contribution in [0.5, 0.6) is 5.75 Å². The van der Waals surface area contributed by atoms with Crippen molar-refractivity contribution in [3.8, 4) is 16.9 Å². The number of hydrogen-bond acceptors (Lipinski definition) is 3. The quantitative estimate of drug-likeness (QED) is 0.580. The van der Waals surface area contributed by atoms with Gasteiger partial charge in [0.2, 0.25) is 0 Å². The number of halogens is 3. The molecule has 1 aromatic carbocycles. The molecule has 2 heterocycles. The van der Waals surface area contributed by atoms with E-state index in [2.05, 4.69) is 14.7 Å². The second kappa shape index (κ2) is 5.18. The van der Waals surface area contributed by atoms with Gasteiger partial charge in [-0.05, 0) is 29.8 Å². The van der Waals surface area contributed by atoms with E-state index in [0.29, 0.717) is 16.8 Å². The summed E-state index contributed by atoms with van der Waals surface area (Å²) in [5.41, 5.74) is 2.02. The van der Waals surface area contributed by atoms with Gasteiger partial charge in [-0.2, -0.15) is 13.2 Å². The third-order valence-electron chi connectivity index (χ3n) is 3.01. The van der Waals surface area contributed by atoms with Crippen LogP contribution < -0.4 is 4.74 Å². The molecule has 0 saturated heterocycles. The number of nitrogens with one attached hydrogen (secondary N) is 1. The minimum absolute atomic E-state index is 0.172. The van der Waals surface area contributed by atoms with E-state index in [1.807, 2.05) is 12.1 Å². The average molecular weight is 306 g/mol. The Hall–Kier alpha value is -2.83. The first-order chi connectivity index (χ1) is 10.4. The number of nitrogens with zero attached hydrogens (tertiary/aromatic N) is 1. The molecule has 3 aromatic rings. The fraction of sp³-hybridized carbons (Fsp3) is 0.0667. The Bertz CT molecular complexity index is 840. The number of benzene rings is 1. The van der Waals surface area contributed by atoms with Crippen molar-refractivity contribution in [2.45, 2.75) is 6.18 Å². The van der Waals surface area contributed by atoms with Crippen molar-refractivity contribution in [3.05, 3.63) is 48.8 Å². The van der Waals surface area contributed by atoms with E-state index in [-0.39, 0.29) is 5.75 Å². The number of aromatic amines is 1. The third-order valence-corrected chi connectivity index (χ3v) is 3.01. The lowest BCUT2D eigenvalue weighted by atomic mass is 10.1. The third kappa shape index (κ3) is 2.78. The van der Waals surface area contributed by atoms with Gasteiger partial charge in [0.1, 0.15) is 11.4 Å². The molecule has 0 aliphatic heterocycles. The summed E-state index contributed by atoms with van der Waals surface area (Å²) in [5.74, 6) is -2.42. The van der Waals surface area contributed by atoms with Gasteiger partial charge < -0.3 is 9.72 Å². The zero-order valence-corrected chi connectivity index (χ0v) is 11.0. The molecule has 0 fully saturated rings. The molecular weight excluding hydrogens is 297 g/mol. The van der Waals surface area contributed by atoms with E-state index >= 15 is 0 Å². The summed E-state index contributed by atoms with van der Waals surface area (Å²) in [6.45, 7) is 0. The van der Waals surface area contributed by atoms with E-state index in [9.17, 15) is 18.0 Å². The number of pyridine rings is 1. The molecule has 0 radical (unpaired) electrons. The summed E-state index contributed by atoms with van der Waals surface area (Å²) in [6, 6.07) is 9.52. The van der Waals surface area contributed by atoms with Crippen molar-refractivity contribution < 1.29 is 22.7 Å². The predicted molar refractivity (Wildman–Crippen MR) is 73.2 cm³/mol. The number of H-pyrrole nitrogens is 1. The molecule has 0 aliphatic rings. The SMILES string of the molecule is O=C(Oc1cccc(-c2cnc3[nH]ccc3c2)c1)C(F)(F)F. The van der Waals surface area contributed by atoms with Gasteiger partial charge in [0.15, 0.2) is 0 Å². The largest absolute Gasteiger partial charge is 0.491 e. The Morgan fingerprint density at radius 3 is 2.73 bits per heavy atom. The standard InChI is InChI=1S/C15H9F3N2O2/c16-15(17,18)14(21)22-12-3-1-2-9(7-12)11-6-10-4-5-19-13(10)20-8-11/h1-8H,(H,19,20). The molecule has 1 N–H and O–H groups in total. The fourth-order valence-corrected chi connectivity index (χ4v) is 2.00. The lowest BCUT2D eigenvalue weighted by molar-refractivity contribution is -0.189. The van der Waals surface area contributed by atoms with Gasteiger partial charge >= 0.3 is 12.1 Å². The number of carbonyl (C=O) groups excluding carboxylic acids is 1. The van der Waals surface area contributed by atoms with Crippen LogP contribution >= 0.6 is 0 Å². The second-order valence-electron chi connectivity index (χ2n) is 4.55. The lowest BCUT2D eigenvalue weighted by Gasteiger charge is -2.08. The number of fused-ring (bicyclic) bond motifs is 1. The summed E-state index contributed by atoms with van der Waals surface area (Å²) in [4.78, 5) is 18.0. The molecular formula is C15H9F3N2O2. The van der Waals surface area contributed by atoms with Gasteiger partial charge in [-0.1, -0.05) is 12.1 Å². The number of carbonyl (C=O) groups is 1. The number of alkyl halides is 3.